The summed E-state index contributed by atoms with van der Waals surface area (Å²) in [6.07, 6.45) is 0. The molecule has 104 valence electrons. The summed E-state index contributed by atoms with van der Waals surface area (Å²) >= 11 is 0. The molecule has 1 aromatic heterocycles. The first-order valence-corrected chi connectivity index (χ1v) is 6.87. The number of hydrogen-bond donors (Lipinski definition) is 1. The van der Waals surface area contributed by atoms with Gasteiger partial charge in [0.2, 0.25) is 0 Å². The minimum Gasteiger partial charge on any atom is -0.310 e. The molecule has 0 unspecified atom stereocenters. The van der Waals surface area contributed by atoms with Crippen LogP contribution in [0.5, 0.6) is 0 Å². The summed E-state index contributed by atoms with van der Waals surface area (Å²) in [6, 6.07) is 3.34. The van der Waals surface area contributed by atoms with Gasteiger partial charge in [-0.1, -0.05) is 0 Å². The first-order valence-electron chi connectivity index (χ1n) is 6.87. The Bertz CT molecular complexity index is 347. The molecule has 0 fully saturated rings. The number of hydrogen-bond acceptors (Lipinski definition) is 3. The van der Waals surface area contributed by atoms with Crippen molar-refractivity contribution < 1.29 is 0 Å². The van der Waals surface area contributed by atoms with Crippen LogP contribution in [0.4, 0.5) is 0 Å². The average Bonchev–Trinajstić information content (AvgIpc) is 2.56. The average molecular weight is 252 g/mol. The van der Waals surface area contributed by atoms with E-state index in [9.17, 15) is 0 Å². The summed E-state index contributed by atoms with van der Waals surface area (Å²) in [5.74, 6) is 0. The van der Waals surface area contributed by atoms with Gasteiger partial charge >= 0.3 is 0 Å². The molecule has 0 radical (unpaired) electrons. The Balaban J connectivity index is 2.32. The van der Waals surface area contributed by atoms with Crippen LogP contribution in [0.15, 0.2) is 6.07 Å². The lowest BCUT2D eigenvalue weighted by Gasteiger charge is -2.30. The lowest BCUT2D eigenvalue weighted by Crippen LogP contribution is -2.41. The smallest absolute Gasteiger partial charge is 0.0597 e. The summed E-state index contributed by atoms with van der Waals surface area (Å²) < 4.78 is 1.95. The van der Waals surface area contributed by atoms with Gasteiger partial charge < -0.3 is 5.32 Å². The van der Waals surface area contributed by atoms with E-state index in [0.29, 0.717) is 12.1 Å². The van der Waals surface area contributed by atoms with Gasteiger partial charge in [-0.25, -0.2) is 0 Å². The molecule has 0 saturated heterocycles. The van der Waals surface area contributed by atoms with Crippen LogP contribution in [-0.4, -0.2) is 39.9 Å². The molecule has 4 heteroatoms. The third-order valence-corrected chi connectivity index (χ3v) is 3.28. The van der Waals surface area contributed by atoms with Crippen molar-refractivity contribution in [2.24, 2.45) is 7.05 Å². The quantitative estimate of drug-likeness (QED) is 0.753. The molecule has 1 heterocycles. The molecule has 0 aliphatic carbocycles. The highest BCUT2D eigenvalue weighted by atomic mass is 15.3. The highest BCUT2D eigenvalue weighted by Crippen LogP contribution is 2.04. The standard InChI is InChI=1S/C14H28N4/c1-11(2)18(12(3)4)8-7-15-10-14-9-13(5)16-17(14)6/h9,11-12,15H,7-8,10H2,1-6H3. The fourth-order valence-corrected chi connectivity index (χ4v) is 2.37. The van der Waals surface area contributed by atoms with Crippen molar-refractivity contribution in [2.45, 2.75) is 53.2 Å². The van der Waals surface area contributed by atoms with Crippen LogP contribution in [0.2, 0.25) is 0 Å². The topological polar surface area (TPSA) is 33.1 Å². The molecule has 1 rings (SSSR count). The number of aryl methyl sites for hydroxylation is 2. The summed E-state index contributed by atoms with van der Waals surface area (Å²) in [6.45, 7) is 14.0. The van der Waals surface area contributed by atoms with Crippen molar-refractivity contribution in [3.05, 3.63) is 17.5 Å². The van der Waals surface area contributed by atoms with Crippen molar-refractivity contribution in [3.8, 4) is 0 Å². The summed E-state index contributed by atoms with van der Waals surface area (Å²) in [5.41, 5.74) is 2.33. The Morgan fingerprint density at radius 3 is 2.33 bits per heavy atom. The maximum Gasteiger partial charge on any atom is 0.0597 e. The van der Waals surface area contributed by atoms with Crippen LogP contribution in [0, 0.1) is 6.92 Å². The van der Waals surface area contributed by atoms with E-state index in [-0.39, 0.29) is 0 Å². The molecule has 0 saturated carbocycles. The number of rotatable bonds is 7. The summed E-state index contributed by atoms with van der Waals surface area (Å²) in [5, 5.41) is 7.84. The fraction of sp³-hybridized carbons (Fsp3) is 0.786. The third-order valence-electron chi connectivity index (χ3n) is 3.28. The molecule has 0 spiro atoms. The highest BCUT2D eigenvalue weighted by molar-refractivity contribution is 5.08. The second-order valence-electron chi connectivity index (χ2n) is 5.50. The first-order chi connectivity index (χ1) is 8.41. The largest absolute Gasteiger partial charge is 0.310 e. The molecule has 0 aliphatic rings. The van der Waals surface area contributed by atoms with E-state index in [2.05, 4.69) is 49.1 Å². The van der Waals surface area contributed by atoms with Gasteiger partial charge in [-0.3, -0.25) is 9.58 Å². The maximum absolute atomic E-state index is 4.35. The van der Waals surface area contributed by atoms with E-state index >= 15 is 0 Å². The third kappa shape index (κ3) is 4.42. The first kappa shape index (κ1) is 15.2. The predicted molar refractivity (Wildman–Crippen MR) is 76.6 cm³/mol. The summed E-state index contributed by atoms with van der Waals surface area (Å²) in [7, 11) is 2.00. The molecule has 18 heavy (non-hydrogen) atoms. The minimum atomic E-state index is 0.603. The molecule has 1 N–H and O–H groups in total. The molecule has 0 amide bonds. The minimum absolute atomic E-state index is 0.603. The van der Waals surface area contributed by atoms with Crippen LogP contribution < -0.4 is 5.32 Å². The highest BCUT2D eigenvalue weighted by Gasteiger charge is 2.12. The Kier molecular flexibility index (Phi) is 5.82. The van der Waals surface area contributed by atoms with Gasteiger partial charge in [0.15, 0.2) is 0 Å². The Morgan fingerprint density at radius 1 is 1.28 bits per heavy atom. The molecule has 0 atom stereocenters. The SMILES string of the molecule is Cc1cc(CNCCN(C(C)C)C(C)C)n(C)n1. The van der Waals surface area contributed by atoms with Gasteiger partial charge in [-0.15, -0.1) is 0 Å². The molecule has 0 aliphatic heterocycles. The molecular formula is C14H28N4. The van der Waals surface area contributed by atoms with Gasteiger partial charge in [0, 0.05) is 38.8 Å². The Labute approximate surface area is 111 Å². The van der Waals surface area contributed by atoms with E-state index in [1.165, 1.54) is 5.69 Å². The normalized spacial score (nSPS) is 12.1. The zero-order chi connectivity index (χ0) is 13.7. The monoisotopic (exact) mass is 252 g/mol. The van der Waals surface area contributed by atoms with E-state index in [0.717, 1.165) is 25.3 Å². The van der Waals surface area contributed by atoms with Crippen molar-refractivity contribution in [1.29, 1.82) is 0 Å². The Hall–Kier alpha value is -0.870. The second kappa shape index (κ2) is 6.90. The van der Waals surface area contributed by atoms with Gasteiger partial charge in [-0.05, 0) is 40.7 Å². The number of aromatic nitrogens is 2. The molecule has 1 aromatic rings. The molecule has 0 bridgehead atoms. The van der Waals surface area contributed by atoms with Gasteiger partial charge in [0.25, 0.3) is 0 Å². The fourth-order valence-electron chi connectivity index (χ4n) is 2.37. The second-order valence-corrected chi connectivity index (χ2v) is 5.50. The molecule has 4 nitrogen and oxygen atoms in total. The van der Waals surface area contributed by atoms with Gasteiger partial charge in [0.05, 0.1) is 11.4 Å². The predicted octanol–water partition coefficient (Wildman–Crippen LogP) is 1.94. The lowest BCUT2D eigenvalue weighted by molar-refractivity contribution is 0.175. The molecule has 0 aromatic carbocycles. The zero-order valence-corrected chi connectivity index (χ0v) is 12.7. The van der Waals surface area contributed by atoms with Crippen LogP contribution in [0.3, 0.4) is 0 Å². The lowest BCUT2D eigenvalue weighted by atomic mass is 10.2. The van der Waals surface area contributed by atoms with E-state index in [1.807, 2.05) is 18.7 Å². The molecular weight excluding hydrogens is 224 g/mol. The van der Waals surface area contributed by atoms with Crippen molar-refractivity contribution >= 4 is 0 Å². The summed E-state index contributed by atoms with van der Waals surface area (Å²) in [4.78, 5) is 2.50. The number of nitrogens with one attached hydrogen (secondary N) is 1. The van der Waals surface area contributed by atoms with Crippen LogP contribution in [-0.2, 0) is 13.6 Å². The van der Waals surface area contributed by atoms with E-state index in [4.69, 9.17) is 0 Å². The van der Waals surface area contributed by atoms with E-state index < -0.39 is 0 Å². The van der Waals surface area contributed by atoms with Crippen molar-refractivity contribution in [3.63, 3.8) is 0 Å². The maximum atomic E-state index is 4.35. The van der Waals surface area contributed by atoms with Crippen molar-refractivity contribution in [1.82, 2.24) is 20.0 Å². The van der Waals surface area contributed by atoms with E-state index in [1.54, 1.807) is 0 Å². The van der Waals surface area contributed by atoms with Crippen LogP contribution >= 0.6 is 0 Å². The number of nitrogens with zero attached hydrogens (tertiary/aromatic N) is 3. The van der Waals surface area contributed by atoms with Crippen LogP contribution in [0.25, 0.3) is 0 Å². The van der Waals surface area contributed by atoms with Gasteiger partial charge in [-0.2, -0.15) is 5.10 Å². The van der Waals surface area contributed by atoms with Crippen molar-refractivity contribution in [2.75, 3.05) is 13.1 Å². The zero-order valence-electron chi connectivity index (χ0n) is 12.7. The van der Waals surface area contributed by atoms with Gasteiger partial charge in [0.1, 0.15) is 0 Å². The Morgan fingerprint density at radius 2 is 1.89 bits per heavy atom. The van der Waals surface area contributed by atoms with Crippen LogP contribution in [0.1, 0.15) is 39.1 Å².